The van der Waals surface area contributed by atoms with E-state index in [-0.39, 0.29) is 19.5 Å². The topological polar surface area (TPSA) is 74.6 Å². The molecular formula is C18H20O4Zn. The van der Waals surface area contributed by atoms with Crippen molar-refractivity contribution in [1.82, 2.24) is 0 Å². The number of carboxylic acid groups (broad SMARTS) is 2. The molecule has 0 spiro atoms. The van der Waals surface area contributed by atoms with Crippen molar-refractivity contribution < 1.29 is 39.3 Å². The van der Waals surface area contributed by atoms with Gasteiger partial charge < -0.3 is 10.2 Å². The maximum atomic E-state index is 10.6. The summed E-state index contributed by atoms with van der Waals surface area (Å²) in [6, 6.07) is 14.1. The quantitative estimate of drug-likeness (QED) is 0.806. The van der Waals surface area contributed by atoms with Crippen LogP contribution in [-0.2, 0) is 32.3 Å². The molecule has 4 nitrogen and oxygen atoms in total. The van der Waals surface area contributed by atoms with Gasteiger partial charge in [0.2, 0.25) is 0 Å². The molecule has 0 fully saturated rings. The Labute approximate surface area is 148 Å². The van der Waals surface area contributed by atoms with Crippen LogP contribution in [0.25, 0.3) is 0 Å². The molecule has 0 aliphatic heterocycles. The van der Waals surface area contributed by atoms with Crippen molar-refractivity contribution in [1.29, 1.82) is 0 Å². The largest absolute Gasteiger partial charge is 0.478 e. The molecule has 2 aromatic carbocycles. The van der Waals surface area contributed by atoms with Gasteiger partial charge in [-0.05, 0) is 36.1 Å². The van der Waals surface area contributed by atoms with Crippen LogP contribution in [0.5, 0.6) is 0 Å². The third-order valence-electron chi connectivity index (χ3n) is 3.26. The summed E-state index contributed by atoms with van der Waals surface area (Å²) in [6.07, 6.45) is 1.53. The zero-order valence-corrected chi connectivity index (χ0v) is 16.4. The van der Waals surface area contributed by atoms with Crippen LogP contribution in [0.3, 0.4) is 0 Å². The number of carbonyl (C=O) groups is 2. The standard InChI is InChI=1S/2C9H10O2.Zn/c2*1-2-7-5-3-4-6-8(7)9(10)11;/h2*3-6H,2H2,1H3,(H,10,11);. The second-order valence-corrected chi connectivity index (χ2v) is 4.63. The van der Waals surface area contributed by atoms with Gasteiger partial charge in [-0.3, -0.25) is 0 Å². The van der Waals surface area contributed by atoms with Gasteiger partial charge in [0.1, 0.15) is 0 Å². The van der Waals surface area contributed by atoms with E-state index >= 15 is 0 Å². The molecule has 0 amide bonds. The summed E-state index contributed by atoms with van der Waals surface area (Å²) in [5.41, 5.74) is 2.60. The smallest absolute Gasteiger partial charge is 0.335 e. The molecule has 2 aromatic rings. The van der Waals surface area contributed by atoms with Crippen molar-refractivity contribution in [3.8, 4) is 0 Å². The van der Waals surface area contributed by atoms with Crippen molar-refractivity contribution in [2.75, 3.05) is 0 Å². The maximum Gasteiger partial charge on any atom is 0.335 e. The van der Waals surface area contributed by atoms with Gasteiger partial charge in [0.05, 0.1) is 11.1 Å². The molecule has 0 saturated carbocycles. The number of rotatable bonds is 4. The predicted octanol–water partition coefficient (Wildman–Crippen LogP) is 3.89. The van der Waals surface area contributed by atoms with Crippen molar-refractivity contribution in [2.45, 2.75) is 26.7 Å². The molecule has 0 heterocycles. The Morgan fingerprint density at radius 2 is 1.04 bits per heavy atom. The minimum absolute atomic E-state index is 0. The van der Waals surface area contributed by atoms with Gasteiger partial charge in [-0.1, -0.05) is 50.2 Å². The minimum atomic E-state index is -0.845. The normalized spacial score (nSPS) is 9.13. The summed E-state index contributed by atoms with van der Waals surface area (Å²) in [5.74, 6) is -1.69. The summed E-state index contributed by atoms with van der Waals surface area (Å²) in [5, 5.41) is 17.4. The summed E-state index contributed by atoms with van der Waals surface area (Å²) in [6.45, 7) is 3.89. The van der Waals surface area contributed by atoms with Crippen LogP contribution in [0, 0.1) is 0 Å². The molecule has 118 valence electrons. The summed E-state index contributed by atoms with van der Waals surface area (Å²) < 4.78 is 0. The van der Waals surface area contributed by atoms with E-state index < -0.39 is 11.9 Å². The van der Waals surface area contributed by atoms with E-state index in [0.717, 1.165) is 24.0 Å². The van der Waals surface area contributed by atoms with E-state index in [4.69, 9.17) is 10.2 Å². The number of benzene rings is 2. The van der Waals surface area contributed by atoms with Gasteiger partial charge in [-0.25, -0.2) is 9.59 Å². The van der Waals surface area contributed by atoms with Crippen molar-refractivity contribution in [3.05, 3.63) is 70.8 Å². The van der Waals surface area contributed by atoms with Gasteiger partial charge in [0, 0.05) is 19.5 Å². The van der Waals surface area contributed by atoms with Crippen LogP contribution < -0.4 is 0 Å². The number of carboxylic acids is 2. The van der Waals surface area contributed by atoms with Gasteiger partial charge in [-0.2, -0.15) is 0 Å². The van der Waals surface area contributed by atoms with Crippen LogP contribution in [-0.4, -0.2) is 22.2 Å². The van der Waals surface area contributed by atoms with Crippen LogP contribution in [0.1, 0.15) is 45.7 Å². The SMILES string of the molecule is CCc1ccccc1C(=O)O.CCc1ccccc1C(=O)O.[Zn]. The molecule has 2 rings (SSSR count). The Kier molecular flexibility index (Phi) is 9.76. The number of hydrogen-bond acceptors (Lipinski definition) is 2. The van der Waals surface area contributed by atoms with E-state index in [0.29, 0.717) is 11.1 Å². The van der Waals surface area contributed by atoms with Crippen molar-refractivity contribution >= 4 is 11.9 Å². The first-order valence-electron chi connectivity index (χ1n) is 7.13. The summed E-state index contributed by atoms with van der Waals surface area (Å²) in [7, 11) is 0. The molecule has 0 aromatic heterocycles. The number of aryl methyl sites for hydroxylation is 2. The van der Waals surface area contributed by atoms with E-state index in [1.54, 1.807) is 24.3 Å². The Morgan fingerprint density at radius 1 is 0.739 bits per heavy atom. The van der Waals surface area contributed by atoms with Crippen molar-refractivity contribution in [3.63, 3.8) is 0 Å². The number of hydrogen-bond donors (Lipinski definition) is 2. The average Bonchev–Trinajstić information content (AvgIpc) is 2.55. The molecule has 0 unspecified atom stereocenters. The van der Waals surface area contributed by atoms with Gasteiger partial charge in [-0.15, -0.1) is 0 Å². The third-order valence-corrected chi connectivity index (χ3v) is 3.26. The zero-order valence-electron chi connectivity index (χ0n) is 13.5. The van der Waals surface area contributed by atoms with Gasteiger partial charge in [0.15, 0.2) is 0 Å². The molecular weight excluding hydrogens is 346 g/mol. The van der Waals surface area contributed by atoms with E-state index in [9.17, 15) is 9.59 Å². The molecule has 0 bridgehead atoms. The van der Waals surface area contributed by atoms with E-state index in [2.05, 4.69) is 0 Å². The average molecular weight is 366 g/mol. The summed E-state index contributed by atoms with van der Waals surface area (Å²) >= 11 is 0. The third kappa shape index (κ3) is 6.33. The Balaban J connectivity index is 0.000000403. The first kappa shape index (κ1) is 21.0. The van der Waals surface area contributed by atoms with Gasteiger partial charge in [0.25, 0.3) is 0 Å². The fraction of sp³-hybridized carbons (Fsp3) is 0.222. The van der Waals surface area contributed by atoms with Crippen molar-refractivity contribution in [2.24, 2.45) is 0 Å². The molecule has 0 radical (unpaired) electrons. The summed E-state index contributed by atoms with van der Waals surface area (Å²) in [4.78, 5) is 21.2. The van der Waals surface area contributed by atoms with Crippen LogP contribution in [0.4, 0.5) is 0 Å². The van der Waals surface area contributed by atoms with Crippen LogP contribution in [0.2, 0.25) is 0 Å². The molecule has 5 heteroatoms. The Hall–Kier alpha value is -2.00. The monoisotopic (exact) mass is 364 g/mol. The Bertz CT molecular complexity index is 595. The van der Waals surface area contributed by atoms with Crippen LogP contribution >= 0.6 is 0 Å². The predicted molar refractivity (Wildman–Crippen MR) is 85.6 cm³/mol. The number of aromatic carboxylic acids is 2. The fourth-order valence-corrected chi connectivity index (χ4v) is 2.07. The second kappa shape index (κ2) is 10.7. The Morgan fingerprint density at radius 3 is 1.26 bits per heavy atom. The first-order valence-corrected chi connectivity index (χ1v) is 7.13. The molecule has 2 N–H and O–H groups in total. The first-order chi connectivity index (χ1) is 10.5. The molecule has 0 saturated heterocycles. The maximum absolute atomic E-state index is 10.6. The molecule has 0 aliphatic rings. The molecule has 0 aliphatic carbocycles. The minimum Gasteiger partial charge on any atom is -0.478 e. The molecule has 23 heavy (non-hydrogen) atoms. The van der Waals surface area contributed by atoms with Gasteiger partial charge >= 0.3 is 11.9 Å². The van der Waals surface area contributed by atoms with E-state index in [1.165, 1.54) is 0 Å². The second-order valence-electron chi connectivity index (χ2n) is 4.63. The zero-order chi connectivity index (χ0) is 16.5. The van der Waals surface area contributed by atoms with Crippen LogP contribution in [0.15, 0.2) is 48.5 Å². The van der Waals surface area contributed by atoms with E-state index in [1.807, 2.05) is 38.1 Å². The fourth-order valence-electron chi connectivity index (χ4n) is 2.07. The molecule has 0 atom stereocenters.